The molecule has 1 fully saturated rings. The first kappa shape index (κ1) is 13.6. The highest BCUT2D eigenvalue weighted by molar-refractivity contribution is 5.24. The normalized spacial score (nSPS) is 17.8. The molecule has 0 bridgehead atoms. The highest BCUT2D eigenvalue weighted by Crippen LogP contribution is 2.31. The first-order chi connectivity index (χ1) is 8.61. The number of nitrogens with one attached hydrogen (secondary N) is 1. The zero-order valence-corrected chi connectivity index (χ0v) is 12.3. The van der Waals surface area contributed by atoms with Gasteiger partial charge in [0.15, 0.2) is 0 Å². The molecule has 0 aromatic carbocycles. The standard InChI is InChI=1S/C15H27N3/c1-11-15(12(2)18(4)17-11)9-8-14(16-3)10-13-6-5-7-13/h13-14,16H,5-10H2,1-4H3. The third kappa shape index (κ3) is 2.94. The Hall–Kier alpha value is -0.830. The fraction of sp³-hybridized carbons (Fsp3) is 0.800. The molecule has 0 aliphatic heterocycles. The molecule has 1 aliphatic carbocycles. The Labute approximate surface area is 111 Å². The van der Waals surface area contributed by atoms with Crippen molar-refractivity contribution in [2.45, 2.75) is 58.4 Å². The van der Waals surface area contributed by atoms with Crippen LogP contribution >= 0.6 is 0 Å². The van der Waals surface area contributed by atoms with Gasteiger partial charge in [-0.3, -0.25) is 4.68 Å². The minimum atomic E-state index is 0.675. The van der Waals surface area contributed by atoms with Crippen molar-refractivity contribution in [3.05, 3.63) is 17.0 Å². The summed E-state index contributed by atoms with van der Waals surface area (Å²) >= 11 is 0. The van der Waals surface area contributed by atoms with E-state index in [1.165, 1.54) is 49.1 Å². The van der Waals surface area contributed by atoms with Crippen LogP contribution in [0.15, 0.2) is 0 Å². The highest BCUT2D eigenvalue weighted by atomic mass is 15.3. The van der Waals surface area contributed by atoms with Crippen LogP contribution in [-0.2, 0) is 13.5 Å². The van der Waals surface area contributed by atoms with Gasteiger partial charge in [0.1, 0.15) is 0 Å². The molecule has 1 atom stereocenters. The predicted molar refractivity (Wildman–Crippen MR) is 75.8 cm³/mol. The van der Waals surface area contributed by atoms with Crippen molar-refractivity contribution in [2.75, 3.05) is 7.05 Å². The van der Waals surface area contributed by atoms with Crippen molar-refractivity contribution in [3.8, 4) is 0 Å². The Balaban J connectivity index is 1.88. The van der Waals surface area contributed by atoms with Crippen molar-refractivity contribution in [3.63, 3.8) is 0 Å². The molecule has 1 saturated carbocycles. The molecule has 1 N–H and O–H groups in total. The van der Waals surface area contributed by atoms with Gasteiger partial charge in [0.2, 0.25) is 0 Å². The third-order valence-corrected chi connectivity index (χ3v) is 4.65. The van der Waals surface area contributed by atoms with E-state index in [4.69, 9.17) is 0 Å². The number of aryl methyl sites for hydroxylation is 2. The lowest BCUT2D eigenvalue weighted by Gasteiger charge is -2.29. The van der Waals surface area contributed by atoms with Crippen LogP contribution in [0.25, 0.3) is 0 Å². The SMILES string of the molecule is CNC(CCc1c(C)nn(C)c1C)CC1CCC1. The summed E-state index contributed by atoms with van der Waals surface area (Å²) in [5, 5.41) is 7.99. The van der Waals surface area contributed by atoms with Crippen LogP contribution in [0, 0.1) is 19.8 Å². The molecule has 3 heteroatoms. The van der Waals surface area contributed by atoms with Gasteiger partial charge >= 0.3 is 0 Å². The van der Waals surface area contributed by atoms with Gasteiger partial charge in [0.25, 0.3) is 0 Å². The molecule has 102 valence electrons. The average molecular weight is 249 g/mol. The summed E-state index contributed by atoms with van der Waals surface area (Å²) < 4.78 is 2.00. The monoisotopic (exact) mass is 249 g/mol. The van der Waals surface area contributed by atoms with Gasteiger partial charge in [-0.1, -0.05) is 19.3 Å². The van der Waals surface area contributed by atoms with Crippen molar-refractivity contribution in [1.82, 2.24) is 15.1 Å². The van der Waals surface area contributed by atoms with Crippen LogP contribution in [-0.4, -0.2) is 22.9 Å². The number of hydrogen-bond donors (Lipinski definition) is 1. The molecule has 0 spiro atoms. The maximum absolute atomic E-state index is 4.50. The van der Waals surface area contributed by atoms with Crippen molar-refractivity contribution < 1.29 is 0 Å². The average Bonchev–Trinajstić information content (AvgIpc) is 2.52. The van der Waals surface area contributed by atoms with Crippen LogP contribution in [0.5, 0.6) is 0 Å². The topological polar surface area (TPSA) is 29.9 Å². The summed E-state index contributed by atoms with van der Waals surface area (Å²) in [6.45, 7) is 4.30. The Kier molecular flexibility index (Phi) is 4.44. The molecule has 1 aromatic heterocycles. The van der Waals surface area contributed by atoms with E-state index in [1.54, 1.807) is 0 Å². The van der Waals surface area contributed by atoms with Gasteiger partial charge < -0.3 is 5.32 Å². The Morgan fingerprint density at radius 3 is 2.56 bits per heavy atom. The van der Waals surface area contributed by atoms with Gasteiger partial charge in [-0.2, -0.15) is 5.10 Å². The molecule has 18 heavy (non-hydrogen) atoms. The van der Waals surface area contributed by atoms with E-state index in [9.17, 15) is 0 Å². The van der Waals surface area contributed by atoms with E-state index >= 15 is 0 Å². The van der Waals surface area contributed by atoms with E-state index in [0.29, 0.717) is 6.04 Å². The van der Waals surface area contributed by atoms with Gasteiger partial charge in [0.05, 0.1) is 5.69 Å². The molecule has 1 heterocycles. The van der Waals surface area contributed by atoms with E-state index in [1.807, 2.05) is 11.7 Å². The van der Waals surface area contributed by atoms with Crippen LogP contribution in [0.4, 0.5) is 0 Å². The zero-order chi connectivity index (χ0) is 13.1. The van der Waals surface area contributed by atoms with Gasteiger partial charge in [-0.25, -0.2) is 0 Å². The largest absolute Gasteiger partial charge is 0.317 e. The van der Waals surface area contributed by atoms with Gasteiger partial charge in [0, 0.05) is 18.8 Å². The zero-order valence-electron chi connectivity index (χ0n) is 12.3. The van der Waals surface area contributed by atoms with E-state index in [0.717, 1.165) is 12.3 Å². The fourth-order valence-electron chi connectivity index (χ4n) is 3.01. The summed E-state index contributed by atoms with van der Waals surface area (Å²) in [4.78, 5) is 0. The first-order valence-corrected chi connectivity index (χ1v) is 7.28. The quantitative estimate of drug-likeness (QED) is 0.840. The van der Waals surface area contributed by atoms with Crippen molar-refractivity contribution in [1.29, 1.82) is 0 Å². The maximum atomic E-state index is 4.50. The molecule has 0 radical (unpaired) electrons. The van der Waals surface area contributed by atoms with Crippen LogP contribution < -0.4 is 5.32 Å². The van der Waals surface area contributed by atoms with Crippen LogP contribution in [0.3, 0.4) is 0 Å². The molecule has 0 amide bonds. The second kappa shape index (κ2) is 5.87. The molecule has 3 nitrogen and oxygen atoms in total. The van der Waals surface area contributed by atoms with E-state index < -0.39 is 0 Å². The lowest BCUT2D eigenvalue weighted by molar-refractivity contribution is 0.259. The van der Waals surface area contributed by atoms with Crippen molar-refractivity contribution in [2.24, 2.45) is 13.0 Å². The molecule has 1 unspecified atom stereocenters. The third-order valence-electron chi connectivity index (χ3n) is 4.65. The van der Waals surface area contributed by atoms with Gasteiger partial charge in [-0.05, 0) is 51.6 Å². The lowest BCUT2D eigenvalue weighted by atomic mass is 9.80. The highest BCUT2D eigenvalue weighted by Gasteiger charge is 2.21. The minimum absolute atomic E-state index is 0.675. The molecule has 0 saturated heterocycles. The maximum Gasteiger partial charge on any atom is 0.0628 e. The molecular weight excluding hydrogens is 222 g/mol. The van der Waals surface area contributed by atoms with E-state index in [-0.39, 0.29) is 0 Å². The number of rotatable bonds is 6. The number of nitrogens with zero attached hydrogens (tertiary/aromatic N) is 2. The smallest absolute Gasteiger partial charge is 0.0628 e. The molecule has 2 rings (SSSR count). The summed E-state index contributed by atoms with van der Waals surface area (Å²) in [6.07, 6.45) is 8.09. The van der Waals surface area contributed by atoms with Crippen LogP contribution in [0.1, 0.15) is 49.1 Å². The summed E-state index contributed by atoms with van der Waals surface area (Å²) in [6, 6.07) is 0.675. The Bertz CT molecular complexity index is 391. The van der Waals surface area contributed by atoms with Gasteiger partial charge in [-0.15, -0.1) is 0 Å². The minimum Gasteiger partial charge on any atom is -0.317 e. The number of hydrogen-bond acceptors (Lipinski definition) is 2. The predicted octanol–water partition coefficient (Wildman–Crippen LogP) is 2.75. The summed E-state index contributed by atoms with van der Waals surface area (Å²) in [5.41, 5.74) is 3.98. The molecule has 1 aliphatic rings. The second-order valence-corrected chi connectivity index (χ2v) is 5.83. The van der Waals surface area contributed by atoms with Crippen molar-refractivity contribution >= 4 is 0 Å². The van der Waals surface area contributed by atoms with E-state index in [2.05, 4.69) is 31.3 Å². The summed E-state index contributed by atoms with van der Waals surface area (Å²) in [5.74, 6) is 0.985. The van der Waals surface area contributed by atoms with Crippen LogP contribution in [0.2, 0.25) is 0 Å². The second-order valence-electron chi connectivity index (χ2n) is 5.83. The number of aromatic nitrogens is 2. The summed E-state index contributed by atoms with van der Waals surface area (Å²) in [7, 11) is 4.14. The first-order valence-electron chi connectivity index (χ1n) is 7.28. The molecule has 1 aromatic rings. The Morgan fingerprint density at radius 2 is 2.11 bits per heavy atom. The Morgan fingerprint density at radius 1 is 1.39 bits per heavy atom. The fourth-order valence-corrected chi connectivity index (χ4v) is 3.01. The lowest BCUT2D eigenvalue weighted by Crippen LogP contribution is -2.30. The molecular formula is C15H27N3.